The van der Waals surface area contributed by atoms with Crippen molar-refractivity contribution in [1.29, 1.82) is 5.26 Å². The molecule has 2 aromatic rings. The van der Waals surface area contributed by atoms with E-state index in [0.29, 0.717) is 12.2 Å². The molecular weight excluding hydrogens is 230 g/mol. The highest BCUT2D eigenvalue weighted by Gasteiger charge is 2.17. The van der Waals surface area contributed by atoms with Crippen molar-refractivity contribution in [2.75, 3.05) is 0 Å². The van der Waals surface area contributed by atoms with Crippen molar-refractivity contribution < 1.29 is 0 Å². The van der Waals surface area contributed by atoms with Crippen LogP contribution >= 0.6 is 11.3 Å². The van der Waals surface area contributed by atoms with Gasteiger partial charge in [0, 0.05) is 17.0 Å². The Hall–Kier alpha value is -1.60. The molecule has 0 saturated carbocycles. The first kappa shape index (κ1) is 11.9. The number of aromatic nitrogens is 2. The van der Waals surface area contributed by atoms with Gasteiger partial charge in [-0.1, -0.05) is 20.8 Å². The monoisotopic (exact) mass is 245 g/mol. The Morgan fingerprint density at radius 1 is 1.47 bits per heavy atom. The predicted octanol–water partition coefficient (Wildman–Crippen LogP) is 3.16. The van der Waals surface area contributed by atoms with E-state index in [2.05, 4.69) is 37.2 Å². The molecule has 0 aliphatic rings. The van der Waals surface area contributed by atoms with Crippen LogP contribution in [0, 0.1) is 11.3 Å². The van der Waals surface area contributed by atoms with Crippen molar-refractivity contribution in [3.8, 4) is 6.07 Å². The summed E-state index contributed by atoms with van der Waals surface area (Å²) in [6.07, 6.45) is 1.91. The quantitative estimate of drug-likeness (QED) is 0.815. The number of nitriles is 1. The molecule has 4 heteroatoms. The first-order valence-electron chi connectivity index (χ1n) is 5.51. The standard InChI is InChI=1S/C13H15N3S/c1-13(2,3)11-9-17-12(15-11)8-16-6-4-5-10(16)7-14/h4-6,9H,8H2,1-3H3. The van der Waals surface area contributed by atoms with Crippen molar-refractivity contribution in [1.82, 2.24) is 9.55 Å². The van der Waals surface area contributed by atoms with Gasteiger partial charge in [0.2, 0.25) is 0 Å². The van der Waals surface area contributed by atoms with Gasteiger partial charge >= 0.3 is 0 Å². The molecule has 2 heterocycles. The van der Waals surface area contributed by atoms with Crippen LogP contribution in [0.1, 0.15) is 37.2 Å². The molecule has 0 bridgehead atoms. The van der Waals surface area contributed by atoms with Crippen LogP contribution in [0.5, 0.6) is 0 Å². The van der Waals surface area contributed by atoms with Gasteiger partial charge in [0.1, 0.15) is 16.8 Å². The summed E-state index contributed by atoms with van der Waals surface area (Å²) in [7, 11) is 0. The molecule has 2 aromatic heterocycles. The molecule has 0 amide bonds. The van der Waals surface area contributed by atoms with Crippen molar-refractivity contribution in [3.05, 3.63) is 40.1 Å². The third-order valence-corrected chi connectivity index (χ3v) is 3.40. The first-order chi connectivity index (χ1) is 8.00. The molecule has 0 saturated heterocycles. The molecular formula is C13H15N3S. The smallest absolute Gasteiger partial charge is 0.120 e. The minimum Gasteiger partial charge on any atom is -0.333 e. The first-order valence-corrected chi connectivity index (χ1v) is 6.39. The van der Waals surface area contributed by atoms with Crippen molar-refractivity contribution in [2.45, 2.75) is 32.7 Å². The maximum atomic E-state index is 8.93. The number of thiazole rings is 1. The van der Waals surface area contributed by atoms with Crippen LogP contribution in [0.25, 0.3) is 0 Å². The fourth-order valence-corrected chi connectivity index (χ4v) is 2.55. The lowest BCUT2D eigenvalue weighted by molar-refractivity contribution is 0.569. The van der Waals surface area contributed by atoms with Crippen LogP contribution < -0.4 is 0 Å². The second-order valence-corrected chi connectivity index (χ2v) is 5.95. The second-order valence-electron chi connectivity index (χ2n) is 5.01. The summed E-state index contributed by atoms with van der Waals surface area (Å²) in [5, 5.41) is 12.1. The number of nitrogens with zero attached hydrogens (tertiary/aromatic N) is 3. The molecule has 0 aliphatic heterocycles. The summed E-state index contributed by atoms with van der Waals surface area (Å²) in [6, 6.07) is 5.88. The Bertz CT molecular complexity index is 552. The van der Waals surface area contributed by atoms with E-state index in [4.69, 9.17) is 5.26 Å². The molecule has 0 radical (unpaired) electrons. The third kappa shape index (κ3) is 2.56. The molecule has 17 heavy (non-hydrogen) atoms. The van der Waals surface area contributed by atoms with Crippen molar-refractivity contribution in [3.63, 3.8) is 0 Å². The Labute approximate surface area is 105 Å². The number of hydrogen-bond acceptors (Lipinski definition) is 3. The van der Waals surface area contributed by atoms with E-state index >= 15 is 0 Å². The zero-order valence-electron chi connectivity index (χ0n) is 10.3. The van der Waals surface area contributed by atoms with Gasteiger partial charge in [-0.25, -0.2) is 4.98 Å². The molecule has 2 rings (SSSR count). The van der Waals surface area contributed by atoms with Crippen LogP contribution in [-0.2, 0) is 12.0 Å². The highest BCUT2D eigenvalue weighted by atomic mass is 32.1. The lowest BCUT2D eigenvalue weighted by Gasteiger charge is -2.14. The molecule has 0 atom stereocenters. The Morgan fingerprint density at radius 2 is 2.24 bits per heavy atom. The second kappa shape index (κ2) is 4.34. The van der Waals surface area contributed by atoms with E-state index in [9.17, 15) is 0 Å². The maximum Gasteiger partial charge on any atom is 0.120 e. The van der Waals surface area contributed by atoms with Gasteiger partial charge in [-0.3, -0.25) is 0 Å². The van der Waals surface area contributed by atoms with E-state index in [1.54, 1.807) is 11.3 Å². The average molecular weight is 245 g/mol. The van der Waals surface area contributed by atoms with Crippen LogP contribution in [0.4, 0.5) is 0 Å². The fourth-order valence-electron chi connectivity index (χ4n) is 1.53. The lowest BCUT2D eigenvalue weighted by atomic mass is 9.93. The Kier molecular flexibility index (Phi) is 3.03. The maximum absolute atomic E-state index is 8.93. The normalized spacial score (nSPS) is 11.4. The SMILES string of the molecule is CC(C)(C)c1csc(Cn2cccc2C#N)n1. The van der Waals surface area contributed by atoms with E-state index in [1.807, 2.05) is 22.9 Å². The molecule has 88 valence electrons. The van der Waals surface area contributed by atoms with Crippen molar-refractivity contribution >= 4 is 11.3 Å². The topological polar surface area (TPSA) is 41.6 Å². The van der Waals surface area contributed by atoms with Gasteiger partial charge in [-0.05, 0) is 12.1 Å². The highest BCUT2D eigenvalue weighted by molar-refractivity contribution is 7.09. The predicted molar refractivity (Wildman–Crippen MR) is 69.1 cm³/mol. The third-order valence-electron chi connectivity index (χ3n) is 2.57. The summed E-state index contributed by atoms with van der Waals surface area (Å²) in [5.41, 5.74) is 1.88. The summed E-state index contributed by atoms with van der Waals surface area (Å²) in [5.74, 6) is 0. The molecule has 0 N–H and O–H groups in total. The van der Waals surface area contributed by atoms with Gasteiger partial charge in [-0.2, -0.15) is 5.26 Å². The van der Waals surface area contributed by atoms with E-state index < -0.39 is 0 Å². The average Bonchev–Trinajstić information content (AvgIpc) is 2.86. The zero-order valence-corrected chi connectivity index (χ0v) is 11.1. The number of hydrogen-bond donors (Lipinski definition) is 0. The van der Waals surface area contributed by atoms with Crippen LogP contribution in [0.3, 0.4) is 0 Å². The van der Waals surface area contributed by atoms with Gasteiger partial charge in [0.15, 0.2) is 0 Å². The summed E-state index contributed by atoms with van der Waals surface area (Å²) in [4.78, 5) is 4.62. The zero-order chi connectivity index (χ0) is 12.5. The van der Waals surface area contributed by atoms with Crippen molar-refractivity contribution in [2.24, 2.45) is 0 Å². The van der Waals surface area contributed by atoms with Gasteiger partial charge in [0.05, 0.1) is 12.2 Å². The minimum atomic E-state index is 0.0868. The molecule has 0 unspecified atom stereocenters. The van der Waals surface area contributed by atoms with Gasteiger partial charge < -0.3 is 4.57 Å². The minimum absolute atomic E-state index is 0.0868. The summed E-state index contributed by atoms with van der Waals surface area (Å²) < 4.78 is 1.92. The van der Waals surface area contributed by atoms with Gasteiger partial charge in [0.25, 0.3) is 0 Å². The highest BCUT2D eigenvalue weighted by Crippen LogP contribution is 2.24. The van der Waals surface area contributed by atoms with E-state index in [1.165, 1.54) is 0 Å². The molecule has 3 nitrogen and oxygen atoms in total. The Morgan fingerprint density at radius 3 is 2.82 bits per heavy atom. The van der Waals surface area contributed by atoms with Crippen LogP contribution in [-0.4, -0.2) is 9.55 Å². The molecule has 0 spiro atoms. The molecule has 0 aromatic carbocycles. The number of rotatable bonds is 2. The van der Waals surface area contributed by atoms with E-state index in [0.717, 1.165) is 10.7 Å². The lowest BCUT2D eigenvalue weighted by Crippen LogP contribution is -2.12. The van der Waals surface area contributed by atoms with Crippen LogP contribution in [0.2, 0.25) is 0 Å². The summed E-state index contributed by atoms with van der Waals surface area (Å²) >= 11 is 1.65. The molecule has 0 fully saturated rings. The van der Waals surface area contributed by atoms with Crippen LogP contribution in [0.15, 0.2) is 23.7 Å². The van der Waals surface area contributed by atoms with E-state index in [-0.39, 0.29) is 5.41 Å². The van der Waals surface area contributed by atoms with Gasteiger partial charge in [-0.15, -0.1) is 11.3 Å². The largest absolute Gasteiger partial charge is 0.333 e. The summed E-state index contributed by atoms with van der Waals surface area (Å²) in [6.45, 7) is 7.14. The fraction of sp³-hybridized carbons (Fsp3) is 0.385. The molecule has 0 aliphatic carbocycles. The Balaban J connectivity index is 2.21.